The van der Waals surface area contributed by atoms with Crippen LogP contribution >= 0.6 is 0 Å². The van der Waals surface area contributed by atoms with E-state index in [4.69, 9.17) is 32.0 Å². The fourth-order valence-electron chi connectivity index (χ4n) is 3.93. The maximum absolute atomic E-state index is 13.0. The van der Waals surface area contributed by atoms with Crippen molar-refractivity contribution in [3.63, 3.8) is 0 Å². The van der Waals surface area contributed by atoms with E-state index in [9.17, 15) is 14.4 Å². The normalized spacial score (nSPS) is 22.8. The molecule has 1 amide bonds. The van der Waals surface area contributed by atoms with Gasteiger partial charge in [0.1, 0.15) is 0 Å². The molecule has 2 aliphatic heterocycles. The van der Waals surface area contributed by atoms with Gasteiger partial charge in [0.2, 0.25) is 0 Å². The second kappa shape index (κ2) is 11.6. The fraction of sp³-hybridized carbons (Fsp3) is 0.240. The Morgan fingerprint density at radius 2 is 1.56 bits per heavy atom. The summed E-state index contributed by atoms with van der Waals surface area (Å²) in [5.74, 6) is -1.86. The minimum absolute atomic E-state index is 0.0803. The van der Waals surface area contributed by atoms with Crippen molar-refractivity contribution in [1.29, 1.82) is 0 Å². The molecule has 2 aromatic rings. The molecule has 4 rings (SSSR count). The molecule has 0 spiro atoms. The van der Waals surface area contributed by atoms with Gasteiger partial charge in [-0.05, 0) is 0 Å². The van der Waals surface area contributed by atoms with E-state index in [0.29, 0.717) is 23.1 Å². The van der Waals surface area contributed by atoms with E-state index in [1.165, 1.54) is 6.20 Å². The van der Waals surface area contributed by atoms with E-state index < -0.39 is 42.4 Å². The summed E-state index contributed by atoms with van der Waals surface area (Å²) in [7, 11) is 6.38. The zero-order valence-corrected chi connectivity index (χ0v) is 19.3. The monoisotopic (exact) mass is 485 g/mol. The number of carbonyl (C=O) groups is 3. The van der Waals surface area contributed by atoms with E-state index in [-0.39, 0.29) is 6.61 Å². The van der Waals surface area contributed by atoms with Crippen LogP contribution in [-0.2, 0) is 23.7 Å². The SMILES string of the molecule is [B]=BOC[C@H]1O[C@@H](N2C=CCC(C(N)=O)=C2)[C@H](OC(=O)c2ccccc2)[C@@H]1OC(=O)c1ccccc1. The molecule has 36 heavy (non-hydrogen) atoms. The minimum atomic E-state index is -1.09. The first-order chi connectivity index (χ1) is 17.5. The number of benzene rings is 2. The first kappa shape index (κ1) is 25.1. The number of hydrogen-bond donors (Lipinski definition) is 1. The molecule has 2 heterocycles. The average molecular weight is 485 g/mol. The van der Waals surface area contributed by atoms with Crippen molar-refractivity contribution in [3.05, 3.63) is 95.8 Å². The molecule has 1 radical (unpaired) electrons. The van der Waals surface area contributed by atoms with Gasteiger partial charge in [0.15, 0.2) is 0 Å². The summed E-state index contributed by atoms with van der Waals surface area (Å²) < 4.78 is 23.1. The summed E-state index contributed by atoms with van der Waals surface area (Å²) in [6, 6.07) is 16.8. The van der Waals surface area contributed by atoms with Crippen molar-refractivity contribution in [2.75, 3.05) is 6.61 Å². The van der Waals surface area contributed by atoms with Gasteiger partial charge in [0, 0.05) is 0 Å². The van der Waals surface area contributed by atoms with Crippen LogP contribution in [0, 0.1) is 0 Å². The van der Waals surface area contributed by atoms with Crippen molar-refractivity contribution in [3.8, 4) is 0 Å². The van der Waals surface area contributed by atoms with E-state index in [1.807, 2.05) is 0 Å². The quantitative estimate of drug-likeness (QED) is 0.420. The molecule has 0 unspecified atom stereocenters. The van der Waals surface area contributed by atoms with Gasteiger partial charge >= 0.3 is 210 Å². The molecule has 0 aromatic heterocycles. The summed E-state index contributed by atoms with van der Waals surface area (Å²) in [5, 5.41) is 0. The number of rotatable bonds is 9. The third-order valence-corrected chi connectivity index (χ3v) is 5.68. The summed E-state index contributed by atoms with van der Waals surface area (Å²) >= 11 is 0. The first-order valence-corrected chi connectivity index (χ1v) is 11.2. The third-order valence-electron chi connectivity index (χ3n) is 5.68. The molecule has 11 heteroatoms. The van der Waals surface area contributed by atoms with E-state index in [0.717, 1.165) is 7.00 Å². The number of allylic oxidation sites excluding steroid dienone is 1. The number of hydrogen-bond acceptors (Lipinski definition) is 8. The molecule has 2 aromatic carbocycles. The summed E-state index contributed by atoms with van der Waals surface area (Å²) in [5.41, 5.74) is 6.42. The molecule has 2 N–H and O–H groups in total. The predicted octanol–water partition coefficient (Wildman–Crippen LogP) is 1.47. The Morgan fingerprint density at radius 3 is 2.11 bits per heavy atom. The second-order valence-electron chi connectivity index (χ2n) is 8.06. The van der Waals surface area contributed by atoms with Gasteiger partial charge in [-0.15, -0.1) is 0 Å². The molecule has 1 fully saturated rings. The molecule has 181 valence electrons. The van der Waals surface area contributed by atoms with Gasteiger partial charge in [-0.2, -0.15) is 0 Å². The zero-order valence-electron chi connectivity index (χ0n) is 19.3. The number of ether oxygens (including phenoxy) is 3. The molecule has 1 saturated heterocycles. The maximum atomic E-state index is 13.0. The number of nitrogens with two attached hydrogens (primary N) is 1. The van der Waals surface area contributed by atoms with Gasteiger partial charge in [-0.25, -0.2) is 0 Å². The van der Waals surface area contributed by atoms with E-state index in [2.05, 4.69) is 0 Å². The van der Waals surface area contributed by atoms with Crippen LogP contribution in [0.3, 0.4) is 0 Å². The van der Waals surface area contributed by atoms with Gasteiger partial charge in [0.25, 0.3) is 0 Å². The Bertz CT molecular complexity index is 1170. The molecule has 9 nitrogen and oxygen atoms in total. The van der Waals surface area contributed by atoms with Crippen molar-refractivity contribution >= 4 is 32.2 Å². The van der Waals surface area contributed by atoms with Crippen LogP contribution in [0.25, 0.3) is 0 Å². The molecule has 0 bridgehead atoms. The van der Waals surface area contributed by atoms with Crippen LogP contribution in [0.2, 0.25) is 0 Å². The first-order valence-electron chi connectivity index (χ1n) is 11.2. The van der Waals surface area contributed by atoms with Crippen LogP contribution in [0.4, 0.5) is 0 Å². The number of nitrogens with zero attached hydrogens (tertiary/aromatic N) is 1. The fourth-order valence-corrected chi connectivity index (χ4v) is 3.93. The summed E-state index contributed by atoms with van der Waals surface area (Å²) in [6.07, 6.45) is 1.30. The second-order valence-corrected chi connectivity index (χ2v) is 8.06. The van der Waals surface area contributed by atoms with Crippen molar-refractivity contribution < 1.29 is 33.2 Å². The molecule has 2 aliphatic rings. The van der Waals surface area contributed by atoms with Gasteiger partial charge in [0.05, 0.1) is 0 Å². The van der Waals surface area contributed by atoms with Crippen molar-refractivity contribution in [2.24, 2.45) is 5.73 Å². The Kier molecular flexibility index (Phi) is 8.12. The summed E-state index contributed by atoms with van der Waals surface area (Å²) in [6.45, 7) is -0.0803. The zero-order chi connectivity index (χ0) is 25.5. The van der Waals surface area contributed by atoms with Crippen LogP contribution < -0.4 is 5.73 Å². The topological polar surface area (TPSA) is 117 Å². The molecular formula is C25H23B2N2O7. The Morgan fingerprint density at radius 1 is 0.972 bits per heavy atom. The predicted molar refractivity (Wildman–Crippen MR) is 130 cm³/mol. The Balaban J connectivity index is 1.68. The van der Waals surface area contributed by atoms with E-state index in [1.54, 1.807) is 77.8 Å². The number of amides is 1. The van der Waals surface area contributed by atoms with E-state index >= 15 is 0 Å². The molecule has 0 saturated carbocycles. The Hall–Kier alpha value is -3.98. The van der Waals surface area contributed by atoms with Crippen molar-refractivity contribution in [2.45, 2.75) is 31.0 Å². The standard InChI is InChI=1S/C25H23B2N2O7/c26-27-33-15-19-20(35-24(31)16-8-3-1-4-9-16)21(36-25(32)17-10-5-2-6-11-17)23(34-19)29-13-7-12-18(14-29)22(28)30/h1-11,13-14,19-21,23H,12,15H2,(H2,28,30)/t19-,20-,21-,23-/m1/s1. The van der Waals surface area contributed by atoms with Crippen molar-refractivity contribution in [1.82, 2.24) is 4.90 Å². The van der Waals surface area contributed by atoms with Crippen LogP contribution in [0.15, 0.2) is 84.7 Å². The van der Waals surface area contributed by atoms with Crippen LogP contribution in [0.1, 0.15) is 27.1 Å². The van der Waals surface area contributed by atoms with Crippen LogP contribution in [-0.4, -0.2) is 68.3 Å². The van der Waals surface area contributed by atoms with Gasteiger partial charge in [-0.1, -0.05) is 0 Å². The molecule has 4 atom stereocenters. The Labute approximate surface area is 209 Å². The van der Waals surface area contributed by atoms with Crippen LogP contribution in [0.5, 0.6) is 0 Å². The third kappa shape index (κ3) is 5.80. The summed E-state index contributed by atoms with van der Waals surface area (Å²) in [4.78, 5) is 39.3. The molecular weight excluding hydrogens is 462 g/mol. The average Bonchev–Trinajstić information content (AvgIpc) is 3.24. The molecule has 0 aliphatic carbocycles. The number of esters is 2. The van der Waals surface area contributed by atoms with Gasteiger partial charge < -0.3 is 0 Å². The van der Waals surface area contributed by atoms with Gasteiger partial charge in [-0.3, -0.25) is 0 Å². The number of carbonyl (C=O) groups excluding carboxylic acids is 3. The number of primary amides is 1.